The number of carbonyl (C=O) groups excluding carboxylic acids is 2. The second-order valence-electron chi connectivity index (χ2n) is 3.60. The van der Waals surface area contributed by atoms with Crippen LogP contribution in [-0.4, -0.2) is 40.6 Å². The lowest BCUT2D eigenvalue weighted by Gasteiger charge is -2.13. The Morgan fingerprint density at radius 3 is 2.44 bits per heavy atom. The molecule has 0 aliphatic carbocycles. The lowest BCUT2D eigenvalue weighted by molar-refractivity contribution is -0.144. The van der Waals surface area contributed by atoms with E-state index in [1.165, 1.54) is 11.8 Å². The molecule has 5 heteroatoms. The van der Waals surface area contributed by atoms with Crippen molar-refractivity contribution >= 4 is 23.5 Å². The van der Waals surface area contributed by atoms with Crippen molar-refractivity contribution < 1.29 is 19.4 Å². The molecule has 16 heavy (non-hydrogen) atoms. The summed E-state index contributed by atoms with van der Waals surface area (Å²) in [6.45, 7) is 5.65. The number of carbonyl (C=O) groups is 2. The van der Waals surface area contributed by atoms with Gasteiger partial charge in [0.25, 0.3) is 0 Å². The third-order valence-corrected chi connectivity index (χ3v) is 3.51. The van der Waals surface area contributed by atoms with Crippen LogP contribution in [0.1, 0.15) is 33.6 Å². The van der Waals surface area contributed by atoms with Gasteiger partial charge in [0.1, 0.15) is 5.78 Å². The Kier molecular flexibility index (Phi) is 8.29. The molecule has 1 N–H and O–H groups in total. The van der Waals surface area contributed by atoms with E-state index in [1.54, 1.807) is 13.8 Å². The Labute approximate surface area is 101 Å². The molecule has 0 aliphatic heterocycles. The van der Waals surface area contributed by atoms with Gasteiger partial charge in [-0.2, -0.15) is 0 Å². The van der Waals surface area contributed by atoms with Crippen LogP contribution in [0.2, 0.25) is 0 Å². The number of aliphatic hydroxyl groups is 1. The van der Waals surface area contributed by atoms with E-state index in [2.05, 4.69) is 0 Å². The fraction of sp³-hybridized carbons (Fsp3) is 0.818. The zero-order valence-corrected chi connectivity index (χ0v) is 10.9. The van der Waals surface area contributed by atoms with Crippen LogP contribution < -0.4 is 0 Å². The Morgan fingerprint density at radius 2 is 1.94 bits per heavy atom. The molecular formula is C11H20O4S. The molecule has 0 amide bonds. The summed E-state index contributed by atoms with van der Waals surface area (Å²) in [5.74, 6) is 0.0286. The molecule has 0 aromatic carbocycles. The molecule has 0 aliphatic rings. The fourth-order valence-electron chi connectivity index (χ4n) is 0.910. The van der Waals surface area contributed by atoms with E-state index in [4.69, 9.17) is 4.74 Å². The Hall–Kier alpha value is -0.550. The van der Waals surface area contributed by atoms with Gasteiger partial charge < -0.3 is 9.84 Å². The van der Waals surface area contributed by atoms with E-state index in [1.807, 2.05) is 6.92 Å². The first-order valence-electron chi connectivity index (χ1n) is 5.44. The van der Waals surface area contributed by atoms with E-state index in [9.17, 15) is 14.7 Å². The van der Waals surface area contributed by atoms with Crippen molar-refractivity contribution in [2.24, 2.45) is 0 Å². The predicted molar refractivity (Wildman–Crippen MR) is 64.5 cm³/mol. The average molecular weight is 248 g/mol. The Balaban J connectivity index is 3.63. The van der Waals surface area contributed by atoms with Crippen LogP contribution in [0.5, 0.6) is 0 Å². The molecular weight excluding hydrogens is 228 g/mol. The van der Waals surface area contributed by atoms with E-state index < -0.39 is 6.10 Å². The number of rotatable bonds is 8. The summed E-state index contributed by atoms with van der Waals surface area (Å²) in [6, 6.07) is 0. The standard InChI is InChI=1S/C11H20O4S/c1-4-15-11(14)6-5-10(13)7-16-9(3)8(2)12/h8-9,12H,4-7H2,1-3H3. The molecule has 0 saturated carbocycles. The van der Waals surface area contributed by atoms with Crippen LogP contribution >= 0.6 is 11.8 Å². The first-order valence-corrected chi connectivity index (χ1v) is 6.49. The molecule has 0 aromatic rings. The smallest absolute Gasteiger partial charge is 0.306 e. The minimum absolute atomic E-state index is 0.0190. The Morgan fingerprint density at radius 1 is 1.31 bits per heavy atom. The summed E-state index contributed by atoms with van der Waals surface area (Å²) in [5.41, 5.74) is 0. The van der Waals surface area contributed by atoms with Crippen LogP contribution in [-0.2, 0) is 14.3 Å². The maximum atomic E-state index is 11.4. The first kappa shape index (κ1) is 15.4. The predicted octanol–water partition coefficient (Wildman–Crippen LogP) is 1.40. The number of Topliss-reactive ketones (excluding diaryl/α,β-unsaturated/α-hetero) is 1. The highest BCUT2D eigenvalue weighted by molar-refractivity contribution is 8.00. The van der Waals surface area contributed by atoms with Crippen molar-refractivity contribution in [3.05, 3.63) is 0 Å². The molecule has 0 aromatic heterocycles. The number of ketones is 1. The maximum Gasteiger partial charge on any atom is 0.306 e. The number of hydrogen-bond acceptors (Lipinski definition) is 5. The number of esters is 1. The van der Waals surface area contributed by atoms with Gasteiger partial charge in [0.05, 0.1) is 24.9 Å². The third kappa shape index (κ3) is 7.70. The van der Waals surface area contributed by atoms with Crippen molar-refractivity contribution in [1.29, 1.82) is 0 Å². The maximum absolute atomic E-state index is 11.4. The summed E-state index contributed by atoms with van der Waals surface area (Å²) in [5, 5.41) is 9.25. The number of aliphatic hydroxyl groups excluding tert-OH is 1. The quantitative estimate of drug-likeness (QED) is 0.658. The molecule has 0 spiro atoms. The van der Waals surface area contributed by atoms with Gasteiger partial charge in [-0.25, -0.2) is 0 Å². The van der Waals surface area contributed by atoms with Crippen LogP contribution in [0.15, 0.2) is 0 Å². The minimum Gasteiger partial charge on any atom is -0.466 e. The Bertz CT molecular complexity index is 228. The number of ether oxygens (including phenoxy) is 1. The number of thioether (sulfide) groups is 1. The summed E-state index contributed by atoms with van der Waals surface area (Å²) in [6.07, 6.45) is -0.0582. The SMILES string of the molecule is CCOC(=O)CCC(=O)CSC(C)C(C)O. The molecule has 0 fully saturated rings. The number of hydrogen-bond donors (Lipinski definition) is 1. The van der Waals surface area contributed by atoms with Crippen molar-refractivity contribution in [2.75, 3.05) is 12.4 Å². The molecule has 2 unspecified atom stereocenters. The van der Waals surface area contributed by atoms with Gasteiger partial charge in [0.15, 0.2) is 0 Å². The summed E-state index contributed by atoms with van der Waals surface area (Å²) >= 11 is 1.41. The fourth-order valence-corrected chi connectivity index (χ4v) is 1.78. The van der Waals surface area contributed by atoms with Gasteiger partial charge in [-0.3, -0.25) is 9.59 Å². The monoisotopic (exact) mass is 248 g/mol. The molecule has 4 nitrogen and oxygen atoms in total. The zero-order chi connectivity index (χ0) is 12.6. The second kappa shape index (κ2) is 8.58. The van der Waals surface area contributed by atoms with Gasteiger partial charge in [-0.1, -0.05) is 6.92 Å². The highest BCUT2D eigenvalue weighted by Crippen LogP contribution is 2.14. The van der Waals surface area contributed by atoms with E-state index in [-0.39, 0.29) is 29.8 Å². The largest absolute Gasteiger partial charge is 0.466 e. The van der Waals surface area contributed by atoms with Gasteiger partial charge in [0, 0.05) is 11.7 Å². The van der Waals surface area contributed by atoms with Crippen molar-refractivity contribution in [2.45, 2.75) is 45.0 Å². The van der Waals surface area contributed by atoms with Crippen molar-refractivity contribution in [3.63, 3.8) is 0 Å². The second-order valence-corrected chi connectivity index (χ2v) is 4.97. The third-order valence-electron chi connectivity index (χ3n) is 2.10. The molecule has 2 atom stereocenters. The molecule has 0 heterocycles. The zero-order valence-electron chi connectivity index (χ0n) is 10.1. The summed E-state index contributed by atoms with van der Waals surface area (Å²) < 4.78 is 4.72. The van der Waals surface area contributed by atoms with Gasteiger partial charge >= 0.3 is 5.97 Å². The topological polar surface area (TPSA) is 63.6 Å². The van der Waals surface area contributed by atoms with Crippen molar-refractivity contribution in [3.8, 4) is 0 Å². The van der Waals surface area contributed by atoms with Crippen molar-refractivity contribution in [1.82, 2.24) is 0 Å². The van der Waals surface area contributed by atoms with Crippen LogP contribution in [0, 0.1) is 0 Å². The van der Waals surface area contributed by atoms with Crippen LogP contribution in [0.3, 0.4) is 0 Å². The normalized spacial score (nSPS) is 14.2. The average Bonchev–Trinajstić information content (AvgIpc) is 2.23. The van der Waals surface area contributed by atoms with Gasteiger partial charge in [-0.05, 0) is 13.8 Å². The highest BCUT2D eigenvalue weighted by Gasteiger charge is 2.13. The first-order chi connectivity index (χ1) is 7.47. The van der Waals surface area contributed by atoms with E-state index >= 15 is 0 Å². The van der Waals surface area contributed by atoms with Gasteiger partial charge in [0.2, 0.25) is 0 Å². The van der Waals surface area contributed by atoms with E-state index in [0.717, 1.165) is 0 Å². The van der Waals surface area contributed by atoms with Crippen LogP contribution in [0.25, 0.3) is 0 Å². The lowest BCUT2D eigenvalue weighted by Crippen LogP contribution is -2.18. The molecule has 0 rings (SSSR count). The van der Waals surface area contributed by atoms with E-state index in [0.29, 0.717) is 12.4 Å². The molecule has 0 bridgehead atoms. The summed E-state index contributed by atoms with van der Waals surface area (Å²) in [7, 11) is 0. The highest BCUT2D eigenvalue weighted by atomic mass is 32.2. The minimum atomic E-state index is -0.428. The van der Waals surface area contributed by atoms with Crippen LogP contribution in [0.4, 0.5) is 0 Å². The summed E-state index contributed by atoms with van der Waals surface area (Å²) in [4.78, 5) is 22.3. The molecule has 0 saturated heterocycles. The molecule has 0 radical (unpaired) electrons. The molecule has 94 valence electrons. The lowest BCUT2D eigenvalue weighted by atomic mass is 10.2. The van der Waals surface area contributed by atoms with Gasteiger partial charge in [-0.15, -0.1) is 11.8 Å².